The molecule has 3 nitrogen and oxygen atoms in total. The number of nitrogens with zero attached hydrogens (tertiary/aromatic N) is 1. The Balaban J connectivity index is 1.61. The first kappa shape index (κ1) is 17.2. The highest BCUT2D eigenvalue weighted by atomic mass is 16.5. The van der Waals surface area contributed by atoms with Gasteiger partial charge in [-0.05, 0) is 29.8 Å². The van der Waals surface area contributed by atoms with Crippen molar-refractivity contribution in [3.8, 4) is 11.8 Å². The van der Waals surface area contributed by atoms with Gasteiger partial charge in [-0.1, -0.05) is 66.7 Å². The van der Waals surface area contributed by atoms with Crippen molar-refractivity contribution in [3.05, 3.63) is 107 Å². The van der Waals surface area contributed by atoms with E-state index in [0.29, 0.717) is 23.5 Å². The van der Waals surface area contributed by atoms with Crippen LogP contribution in [0.5, 0.6) is 5.75 Å². The molecular formula is C23H17NO2. The molecule has 3 rings (SSSR count). The van der Waals surface area contributed by atoms with Gasteiger partial charge >= 0.3 is 0 Å². The van der Waals surface area contributed by atoms with Gasteiger partial charge in [-0.2, -0.15) is 5.26 Å². The van der Waals surface area contributed by atoms with Crippen molar-refractivity contribution in [1.82, 2.24) is 0 Å². The standard InChI is InChI=1S/C23H17NO2/c24-16-20-8-4-5-9-21(20)17-26-22-13-10-18(11-14-22)12-15-23(25)19-6-2-1-3-7-19/h1-15H,17H2/b15-12+. The van der Waals surface area contributed by atoms with Gasteiger partial charge in [0.05, 0.1) is 11.6 Å². The summed E-state index contributed by atoms with van der Waals surface area (Å²) >= 11 is 0. The van der Waals surface area contributed by atoms with Crippen molar-refractivity contribution < 1.29 is 9.53 Å². The summed E-state index contributed by atoms with van der Waals surface area (Å²) in [6, 6.07) is 26.2. The van der Waals surface area contributed by atoms with Crippen LogP contribution in [0.4, 0.5) is 0 Å². The first-order valence-electron chi connectivity index (χ1n) is 8.24. The lowest BCUT2D eigenvalue weighted by Gasteiger charge is -2.07. The second kappa shape index (κ2) is 8.46. The third-order valence-electron chi connectivity index (χ3n) is 3.90. The Bertz CT molecular complexity index is 952. The second-order valence-electron chi connectivity index (χ2n) is 5.69. The van der Waals surface area contributed by atoms with E-state index >= 15 is 0 Å². The van der Waals surface area contributed by atoms with Crippen LogP contribution >= 0.6 is 0 Å². The Morgan fingerprint density at radius 1 is 0.923 bits per heavy atom. The van der Waals surface area contributed by atoms with Gasteiger partial charge in [0.15, 0.2) is 5.78 Å². The van der Waals surface area contributed by atoms with Crippen LogP contribution in [0.2, 0.25) is 0 Å². The molecule has 3 heteroatoms. The minimum atomic E-state index is -0.0287. The summed E-state index contributed by atoms with van der Waals surface area (Å²) in [4.78, 5) is 12.1. The van der Waals surface area contributed by atoms with Crippen LogP contribution in [-0.4, -0.2) is 5.78 Å². The molecule has 0 spiro atoms. The molecular weight excluding hydrogens is 322 g/mol. The maximum atomic E-state index is 12.1. The molecule has 0 amide bonds. The predicted molar refractivity (Wildman–Crippen MR) is 102 cm³/mol. The largest absolute Gasteiger partial charge is 0.489 e. The summed E-state index contributed by atoms with van der Waals surface area (Å²) in [5.74, 6) is 0.684. The molecule has 0 atom stereocenters. The third kappa shape index (κ3) is 4.46. The number of hydrogen-bond donors (Lipinski definition) is 0. The topological polar surface area (TPSA) is 50.1 Å². The number of ketones is 1. The lowest BCUT2D eigenvalue weighted by atomic mass is 10.1. The minimum Gasteiger partial charge on any atom is -0.489 e. The molecule has 3 aromatic rings. The van der Waals surface area contributed by atoms with Gasteiger partial charge < -0.3 is 4.74 Å². The molecule has 0 heterocycles. The number of nitriles is 1. The molecule has 26 heavy (non-hydrogen) atoms. The van der Waals surface area contributed by atoms with Gasteiger partial charge in [-0.25, -0.2) is 0 Å². The number of hydrogen-bond acceptors (Lipinski definition) is 3. The number of benzene rings is 3. The fourth-order valence-electron chi connectivity index (χ4n) is 2.46. The van der Waals surface area contributed by atoms with Gasteiger partial charge in [0, 0.05) is 11.1 Å². The molecule has 0 aliphatic heterocycles. The average molecular weight is 339 g/mol. The van der Waals surface area contributed by atoms with Gasteiger partial charge in [0.1, 0.15) is 12.4 Å². The highest BCUT2D eigenvalue weighted by Crippen LogP contribution is 2.17. The molecule has 0 bridgehead atoms. The van der Waals surface area contributed by atoms with Crippen LogP contribution in [0.1, 0.15) is 27.0 Å². The van der Waals surface area contributed by atoms with Gasteiger partial charge in [-0.3, -0.25) is 4.79 Å². The maximum Gasteiger partial charge on any atom is 0.185 e. The van der Waals surface area contributed by atoms with Crippen LogP contribution in [0.25, 0.3) is 6.08 Å². The monoisotopic (exact) mass is 339 g/mol. The molecule has 0 N–H and O–H groups in total. The highest BCUT2D eigenvalue weighted by Gasteiger charge is 2.02. The summed E-state index contributed by atoms with van der Waals surface area (Å²) in [6.45, 7) is 0.339. The van der Waals surface area contributed by atoms with Gasteiger partial charge in [0.2, 0.25) is 0 Å². The molecule has 0 aliphatic rings. The maximum absolute atomic E-state index is 12.1. The van der Waals surface area contributed by atoms with Crippen LogP contribution in [0.15, 0.2) is 84.9 Å². The summed E-state index contributed by atoms with van der Waals surface area (Å²) in [7, 11) is 0. The van der Waals surface area contributed by atoms with Crippen molar-refractivity contribution >= 4 is 11.9 Å². The molecule has 126 valence electrons. The predicted octanol–water partition coefficient (Wildman–Crippen LogP) is 5.03. The number of ether oxygens (including phenoxy) is 1. The SMILES string of the molecule is N#Cc1ccccc1COc1ccc(/C=C/C(=O)c2ccccc2)cc1. The van der Waals surface area contributed by atoms with Crippen molar-refractivity contribution in [2.45, 2.75) is 6.61 Å². The van der Waals surface area contributed by atoms with Crippen LogP contribution < -0.4 is 4.74 Å². The smallest absolute Gasteiger partial charge is 0.185 e. The van der Waals surface area contributed by atoms with E-state index < -0.39 is 0 Å². The van der Waals surface area contributed by atoms with Crippen molar-refractivity contribution in [1.29, 1.82) is 5.26 Å². The summed E-state index contributed by atoms with van der Waals surface area (Å²) in [6.07, 6.45) is 3.35. The lowest BCUT2D eigenvalue weighted by Crippen LogP contribution is -1.98. The van der Waals surface area contributed by atoms with Crippen LogP contribution in [0.3, 0.4) is 0 Å². The fourth-order valence-corrected chi connectivity index (χ4v) is 2.46. The van der Waals surface area contributed by atoms with Crippen molar-refractivity contribution in [2.75, 3.05) is 0 Å². The Hall–Kier alpha value is -3.64. The first-order valence-corrected chi connectivity index (χ1v) is 8.24. The van der Waals surface area contributed by atoms with E-state index in [1.165, 1.54) is 0 Å². The minimum absolute atomic E-state index is 0.0287. The van der Waals surface area contributed by atoms with Gasteiger partial charge in [0.25, 0.3) is 0 Å². The third-order valence-corrected chi connectivity index (χ3v) is 3.90. The second-order valence-corrected chi connectivity index (χ2v) is 5.69. The highest BCUT2D eigenvalue weighted by molar-refractivity contribution is 6.06. The van der Waals surface area contributed by atoms with E-state index in [4.69, 9.17) is 10.00 Å². The van der Waals surface area contributed by atoms with E-state index in [2.05, 4.69) is 6.07 Å². The zero-order valence-electron chi connectivity index (χ0n) is 14.1. The molecule has 0 saturated heterocycles. The molecule has 0 fully saturated rings. The Morgan fingerprint density at radius 2 is 1.62 bits per heavy atom. The molecule has 0 saturated carbocycles. The zero-order chi connectivity index (χ0) is 18.2. The number of carbonyl (C=O) groups is 1. The van der Waals surface area contributed by atoms with Crippen LogP contribution in [-0.2, 0) is 6.61 Å². The zero-order valence-corrected chi connectivity index (χ0v) is 14.1. The Morgan fingerprint density at radius 3 is 2.35 bits per heavy atom. The molecule has 0 radical (unpaired) electrons. The fraction of sp³-hybridized carbons (Fsp3) is 0.0435. The normalized spacial score (nSPS) is 10.4. The number of allylic oxidation sites excluding steroid dienone is 1. The van der Waals surface area contributed by atoms with E-state index in [-0.39, 0.29) is 5.78 Å². The molecule has 3 aromatic carbocycles. The quantitative estimate of drug-likeness (QED) is 0.467. The summed E-state index contributed by atoms with van der Waals surface area (Å²) in [5.41, 5.74) is 3.05. The molecule has 0 unspecified atom stereocenters. The van der Waals surface area contributed by atoms with E-state index in [1.54, 1.807) is 30.4 Å². The summed E-state index contributed by atoms with van der Waals surface area (Å²) < 4.78 is 5.74. The van der Waals surface area contributed by atoms with E-state index in [0.717, 1.165) is 11.1 Å². The number of rotatable bonds is 6. The summed E-state index contributed by atoms with van der Waals surface area (Å²) in [5, 5.41) is 9.10. The first-order chi connectivity index (χ1) is 12.8. The van der Waals surface area contributed by atoms with Crippen molar-refractivity contribution in [2.24, 2.45) is 0 Å². The Kier molecular flexibility index (Phi) is 5.59. The van der Waals surface area contributed by atoms with Gasteiger partial charge in [-0.15, -0.1) is 0 Å². The van der Waals surface area contributed by atoms with E-state index in [1.807, 2.05) is 60.7 Å². The van der Waals surface area contributed by atoms with Crippen molar-refractivity contribution in [3.63, 3.8) is 0 Å². The van der Waals surface area contributed by atoms with Crippen LogP contribution in [0, 0.1) is 11.3 Å². The molecule has 0 aromatic heterocycles. The van der Waals surface area contributed by atoms with E-state index in [9.17, 15) is 4.79 Å². The lowest BCUT2D eigenvalue weighted by molar-refractivity contribution is 0.104. The Labute approximate surface area is 152 Å². The average Bonchev–Trinajstić information content (AvgIpc) is 2.72. The number of carbonyl (C=O) groups excluding carboxylic acids is 1. The molecule has 0 aliphatic carbocycles.